The number of primary amides is 1. The molecule has 45 heavy (non-hydrogen) atoms. The van der Waals surface area contributed by atoms with Crippen LogP contribution in [0.25, 0.3) is 0 Å². The van der Waals surface area contributed by atoms with Crippen LogP contribution in [-0.4, -0.2) is 50.1 Å². The number of likely N-dealkylation sites (tertiary alicyclic amines) is 1. The number of rotatable bonds is 5. The molecule has 1 aliphatic heterocycles. The number of amides is 2. The minimum absolute atomic E-state index is 0.215. The third-order valence-electron chi connectivity index (χ3n) is 8.41. The molecule has 3 aromatic rings. The zero-order chi connectivity index (χ0) is 33.3. The van der Waals surface area contributed by atoms with E-state index in [9.17, 15) is 57.5 Å². The average molecular weight is 665 g/mol. The Morgan fingerprint density at radius 2 is 1.49 bits per heavy atom. The van der Waals surface area contributed by atoms with Crippen LogP contribution in [0.5, 0.6) is 0 Å². The molecule has 1 aliphatic carbocycles. The van der Waals surface area contributed by atoms with Gasteiger partial charge < -0.3 is 10.6 Å². The molecule has 2 aliphatic rings. The van der Waals surface area contributed by atoms with Gasteiger partial charge in [0, 0.05) is 17.7 Å². The van der Waals surface area contributed by atoms with E-state index >= 15 is 0 Å². The van der Waals surface area contributed by atoms with E-state index in [1.807, 2.05) is 0 Å². The van der Waals surface area contributed by atoms with Gasteiger partial charge in [-0.25, -0.2) is 21.6 Å². The van der Waals surface area contributed by atoms with Crippen LogP contribution >= 0.6 is 0 Å². The lowest BCUT2D eigenvalue weighted by atomic mass is 9.76. The van der Waals surface area contributed by atoms with Crippen molar-refractivity contribution in [3.05, 3.63) is 100 Å². The molecule has 0 aromatic heterocycles. The predicted molar refractivity (Wildman–Crippen MR) is 139 cm³/mol. The SMILES string of the molecule is NC(=O)c1ccc(C(=O)N2CC[C@@]3(S(=O)(=O)c4ccc(F)cc4)c4ccc(C(F)(C(F)(F)F)C(F)(F)F)cc4CC[C@@H]23)cc1F. The Labute approximate surface area is 249 Å². The van der Waals surface area contributed by atoms with Crippen LogP contribution in [0.4, 0.5) is 39.5 Å². The molecule has 16 heteroatoms. The third-order valence-corrected chi connectivity index (χ3v) is 11.0. The summed E-state index contributed by atoms with van der Waals surface area (Å²) in [6.45, 7) is -0.317. The highest BCUT2D eigenvalue weighted by Crippen LogP contribution is 2.56. The molecule has 0 spiro atoms. The summed E-state index contributed by atoms with van der Waals surface area (Å²) in [5.41, 5.74) is -3.88. The largest absolute Gasteiger partial charge is 0.435 e. The van der Waals surface area contributed by atoms with Crippen molar-refractivity contribution in [1.29, 1.82) is 0 Å². The molecule has 5 rings (SSSR count). The molecule has 2 atom stereocenters. The van der Waals surface area contributed by atoms with Gasteiger partial charge in [-0.1, -0.05) is 18.2 Å². The van der Waals surface area contributed by atoms with Crippen molar-refractivity contribution < 1.29 is 57.5 Å². The quantitative estimate of drug-likeness (QED) is 0.272. The summed E-state index contributed by atoms with van der Waals surface area (Å²) in [5.74, 6) is -3.94. The number of sulfone groups is 1. The third kappa shape index (κ3) is 4.75. The lowest BCUT2D eigenvalue weighted by Gasteiger charge is -2.43. The molecule has 1 fully saturated rings. The summed E-state index contributed by atoms with van der Waals surface area (Å²) in [6, 6.07) is 6.18. The van der Waals surface area contributed by atoms with Crippen molar-refractivity contribution in [3.63, 3.8) is 0 Å². The lowest BCUT2D eigenvalue weighted by Crippen LogP contribution is -2.53. The van der Waals surface area contributed by atoms with Crippen molar-refractivity contribution in [2.75, 3.05) is 6.54 Å². The number of carbonyl (C=O) groups is 2. The molecule has 3 aromatic carbocycles. The highest BCUT2D eigenvalue weighted by atomic mass is 32.2. The molecule has 0 radical (unpaired) electrons. The first kappa shape index (κ1) is 32.3. The number of fused-ring (bicyclic) bond motifs is 3. The number of aryl methyl sites for hydroxylation is 1. The summed E-state index contributed by atoms with van der Waals surface area (Å²) in [4.78, 5) is 25.6. The van der Waals surface area contributed by atoms with Gasteiger partial charge in [0.05, 0.1) is 16.5 Å². The van der Waals surface area contributed by atoms with Crippen molar-refractivity contribution in [3.8, 4) is 0 Å². The fourth-order valence-corrected chi connectivity index (χ4v) is 8.68. The van der Waals surface area contributed by atoms with Gasteiger partial charge in [-0.3, -0.25) is 9.59 Å². The smallest absolute Gasteiger partial charge is 0.366 e. The van der Waals surface area contributed by atoms with Gasteiger partial charge in [-0.05, 0) is 72.9 Å². The van der Waals surface area contributed by atoms with Crippen molar-refractivity contribution in [2.45, 2.75) is 53.0 Å². The van der Waals surface area contributed by atoms with E-state index in [-0.39, 0.29) is 42.1 Å². The van der Waals surface area contributed by atoms with Gasteiger partial charge in [-0.15, -0.1) is 0 Å². The Hall–Kier alpha value is -4.08. The molecule has 6 nitrogen and oxygen atoms in total. The zero-order valence-corrected chi connectivity index (χ0v) is 23.5. The maximum absolute atomic E-state index is 15.0. The van der Waals surface area contributed by atoms with Crippen LogP contribution in [-0.2, 0) is 26.7 Å². The normalized spacial score (nSPS) is 20.5. The second kappa shape index (κ2) is 10.5. The number of nitrogens with two attached hydrogens (primary N) is 1. The highest BCUT2D eigenvalue weighted by molar-refractivity contribution is 7.92. The summed E-state index contributed by atoms with van der Waals surface area (Å²) < 4.78 is 151. The topological polar surface area (TPSA) is 97.5 Å². The molecular weight excluding hydrogens is 643 g/mol. The summed E-state index contributed by atoms with van der Waals surface area (Å²) in [6.07, 6.45) is -13.9. The number of benzene rings is 3. The standard InChI is InChI=1S/C29H21F9N2O4S/c30-18-4-6-19(7-5-18)45(43,44)26-11-12-40(25(42)16-1-8-20(24(39)41)22(31)14-16)23(26)10-2-15-13-17(3-9-21(15)26)27(32,28(33,34)35)29(36,37)38/h1,3-9,13-14,23H,2,10-12H2,(H2,39,41)/t23-,26-/m1/s1. The molecule has 240 valence electrons. The Morgan fingerprint density at radius 3 is 2.04 bits per heavy atom. The average Bonchev–Trinajstić information content (AvgIpc) is 3.36. The predicted octanol–water partition coefficient (Wildman–Crippen LogP) is 5.88. The summed E-state index contributed by atoms with van der Waals surface area (Å²) in [5, 5.41) is 0. The molecule has 0 unspecified atom stereocenters. The molecule has 2 N–H and O–H groups in total. The first-order chi connectivity index (χ1) is 20.8. The molecule has 0 saturated carbocycles. The van der Waals surface area contributed by atoms with Gasteiger partial charge in [0.15, 0.2) is 9.84 Å². The van der Waals surface area contributed by atoms with Crippen molar-refractivity contribution in [1.82, 2.24) is 4.90 Å². The number of halogens is 9. The monoisotopic (exact) mass is 664 g/mol. The maximum atomic E-state index is 15.0. The Morgan fingerprint density at radius 1 is 0.867 bits per heavy atom. The molecule has 1 heterocycles. The number of hydrogen-bond acceptors (Lipinski definition) is 4. The Kier molecular flexibility index (Phi) is 7.53. The van der Waals surface area contributed by atoms with Gasteiger partial charge in [0.2, 0.25) is 0 Å². The van der Waals surface area contributed by atoms with Crippen LogP contribution in [0.15, 0.2) is 65.6 Å². The van der Waals surface area contributed by atoms with Crippen LogP contribution in [0.1, 0.15) is 50.2 Å². The second-order valence-electron chi connectivity index (χ2n) is 10.7. The second-order valence-corrected chi connectivity index (χ2v) is 12.9. The van der Waals surface area contributed by atoms with Gasteiger partial charge in [0.25, 0.3) is 11.8 Å². The van der Waals surface area contributed by atoms with E-state index in [4.69, 9.17) is 5.73 Å². The van der Waals surface area contributed by atoms with E-state index in [1.165, 1.54) is 0 Å². The Bertz CT molecular complexity index is 1790. The molecule has 1 saturated heterocycles. The van der Waals surface area contributed by atoms with Crippen LogP contribution in [0.3, 0.4) is 0 Å². The highest BCUT2D eigenvalue weighted by Gasteiger charge is 2.73. The van der Waals surface area contributed by atoms with Crippen molar-refractivity contribution in [2.24, 2.45) is 5.73 Å². The van der Waals surface area contributed by atoms with Crippen LogP contribution in [0.2, 0.25) is 0 Å². The van der Waals surface area contributed by atoms with Crippen LogP contribution < -0.4 is 5.73 Å². The number of nitrogens with zero attached hydrogens (tertiary/aromatic N) is 1. The zero-order valence-electron chi connectivity index (χ0n) is 22.6. The maximum Gasteiger partial charge on any atom is 0.435 e. The molecule has 2 amide bonds. The number of alkyl halides is 7. The minimum atomic E-state index is -6.41. The fraction of sp³-hybridized carbons (Fsp3) is 0.310. The van der Waals surface area contributed by atoms with E-state index in [2.05, 4.69) is 0 Å². The van der Waals surface area contributed by atoms with E-state index in [0.717, 1.165) is 47.4 Å². The number of hydrogen-bond donors (Lipinski definition) is 1. The van der Waals surface area contributed by atoms with Gasteiger partial charge >= 0.3 is 18.0 Å². The summed E-state index contributed by atoms with van der Waals surface area (Å²) in [7, 11) is -4.70. The minimum Gasteiger partial charge on any atom is -0.366 e. The van der Waals surface area contributed by atoms with E-state index in [0.29, 0.717) is 12.1 Å². The first-order valence-electron chi connectivity index (χ1n) is 13.1. The summed E-state index contributed by atoms with van der Waals surface area (Å²) >= 11 is 0. The van der Waals surface area contributed by atoms with Gasteiger partial charge in [-0.2, -0.15) is 26.3 Å². The Balaban J connectivity index is 1.69. The van der Waals surface area contributed by atoms with E-state index < -0.39 is 84.5 Å². The van der Waals surface area contributed by atoms with E-state index in [1.54, 1.807) is 0 Å². The lowest BCUT2D eigenvalue weighted by molar-refractivity contribution is -0.348. The van der Waals surface area contributed by atoms with Crippen LogP contribution in [0, 0.1) is 11.6 Å². The van der Waals surface area contributed by atoms with Gasteiger partial charge in [0.1, 0.15) is 16.4 Å². The number of carbonyl (C=O) groups excluding carboxylic acids is 2. The molecule has 0 bridgehead atoms. The van der Waals surface area contributed by atoms with Crippen molar-refractivity contribution >= 4 is 21.7 Å². The molecular formula is C29H21F9N2O4S. The first-order valence-corrected chi connectivity index (χ1v) is 14.6. The fourth-order valence-electron chi connectivity index (χ4n) is 6.31.